The summed E-state index contributed by atoms with van der Waals surface area (Å²) in [5, 5.41) is 10.2. The summed E-state index contributed by atoms with van der Waals surface area (Å²) in [7, 11) is 0. The molecule has 3 aliphatic carbocycles. The minimum absolute atomic E-state index is 0.0808. The highest BCUT2D eigenvalue weighted by Gasteiger charge is 2.54. The van der Waals surface area contributed by atoms with E-state index >= 15 is 0 Å². The van der Waals surface area contributed by atoms with Crippen LogP contribution in [0.15, 0.2) is 12.1 Å². The molecule has 3 aliphatic rings. The van der Waals surface area contributed by atoms with Crippen LogP contribution in [0.4, 0.5) is 0 Å². The molecule has 138 valence electrons. The molecule has 0 heterocycles. The van der Waals surface area contributed by atoms with Crippen molar-refractivity contribution in [3.05, 3.63) is 28.8 Å². The van der Waals surface area contributed by atoms with Gasteiger partial charge in [-0.2, -0.15) is 0 Å². The maximum Gasteiger partial charge on any atom is 0.139 e. The van der Waals surface area contributed by atoms with E-state index in [-0.39, 0.29) is 5.41 Å². The number of fused-ring (bicyclic) bond motifs is 5. The van der Waals surface area contributed by atoms with Crippen LogP contribution in [-0.2, 0) is 11.2 Å². The second kappa shape index (κ2) is 6.76. The normalized spacial score (nSPS) is 32.2. The fourth-order valence-electron chi connectivity index (χ4n) is 6.01. The number of rotatable bonds is 2. The van der Waals surface area contributed by atoms with Gasteiger partial charge < -0.3 is 5.11 Å². The van der Waals surface area contributed by atoms with Gasteiger partial charge in [0.25, 0.3) is 0 Å². The third kappa shape index (κ3) is 2.77. The lowest BCUT2D eigenvalue weighted by Gasteiger charge is -2.48. The van der Waals surface area contributed by atoms with Gasteiger partial charge in [-0.05, 0) is 79.5 Å². The molecule has 2 fully saturated rings. The summed E-state index contributed by atoms with van der Waals surface area (Å²) < 4.78 is 0. The zero-order chi connectivity index (χ0) is 18.3. The van der Waals surface area contributed by atoms with E-state index in [2.05, 4.69) is 25.7 Å². The van der Waals surface area contributed by atoms with Crippen molar-refractivity contribution < 1.29 is 9.90 Å². The first-order valence-corrected chi connectivity index (χ1v) is 10.4. The molecule has 0 aliphatic heterocycles. The minimum Gasteiger partial charge on any atom is -0.508 e. The van der Waals surface area contributed by atoms with E-state index in [1.807, 2.05) is 12.1 Å². The summed E-state index contributed by atoms with van der Waals surface area (Å²) >= 11 is 0. The first kappa shape index (κ1) is 17.7. The fourth-order valence-corrected chi connectivity index (χ4v) is 6.01. The Morgan fingerprint density at radius 3 is 2.88 bits per heavy atom. The number of carbonyl (C=O) groups excluding carboxylic acids is 1. The Morgan fingerprint density at radius 1 is 1.23 bits per heavy atom. The molecule has 0 saturated heterocycles. The van der Waals surface area contributed by atoms with Gasteiger partial charge in [0.05, 0.1) is 0 Å². The monoisotopic (exact) mass is 350 g/mol. The summed E-state index contributed by atoms with van der Waals surface area (Å²) in [5.41, 5.74) is 3.64. The average molecular weight is 351 g/mol. The van der Waals surface area contributed by atoms with Crippen LogP contribution >= 0.6 is 0 Å². The highest BCUT2D eigenvalue weighted by Crippen LogP contribution is 2.60. The molecule has 26 heavy (non-hydrogen) atoms. The summed E-state index contributed by atoms with van der Waals surface area (Å²) in [6.45, 7) is 4.41. The number of ketones is 1. The SMILES string of the molecule is CCCCC#Cc1cc(O)cc2c1[C@H]1CC[C@]3(C)C(=O)CC[C@H]3[C@@H]1CC2. The van der Waals surface area contributed by atoms with Crippen LogP contribution in [0.1, 0.15) is 87.8 Å². The van der Waals surface area contributed by atoms with Crippen LogP contribution in [-0.4, -0.2) is 10.9 Å². The van der Waals surface area contributed by atoms with Crippen molar-refractivity contribution in [2.24, 2.45) is 17.3 Å². The van der Waals surface area contributed by atoms with Crippen molar-refractivity contribution in [3.63, 3.8) is 0 Å². The van der Waals surface area contributed by atoms with Gasteiger partial charge >= 0.3 is 0 Å². The summed E-state index contributed by atoms with van der Waals surface area (Å²) in [6, 6.07) is 3.82. The molecule has 2 saturated carbocycles. The Bertz CT molecular complexity index is 781. The van der Waals surface area contributed by atoms with Crippen LogP contribution in [0.5, 0.6) is 5.75 Å². The maximum atomic E-state index is 12.5. The lowest BCUT2D eigenvalue weighted by atomic mass is 9.55. The van der Waals surface area contributed by atoms with Gasteiger partial charge in [-0.1, -0.05) is 32.1 Å². The number of phenols is 1. The van der Waals surface area contributed by atoms with E-state index in [9.17, 15) is 9.90 Å². The number of hydrogen-bond donors (Lipinski definition) is 1. The zero-order valence-corrected chi connectivity index (χ0v) is 16.1. The van der Waals surface area contributed by atoms with Gasteiger partial charge in [0.15, 0.2) is 0 Å². The standard InChI is InChI=1S/C24H30O2/c1-3-4-5-6-7-16-14-18(25)15-17-8-9-19-20(23(16)17)12-13-24(2)21(19)10-11-22(24)26/h14-15,19-21,25H,3-5,8-13H2,1-2H3/t19-,20+,21+,24+/m1/s1. The molecule has 0 aromatic heterocycles. The Hall–Kier alpha value is -1.75. The van der Waals surface area contributed by atoms with Crippen molar-refractivity contribution in [2.45, 2.75) is 77.6 Å². The molecule has 0 bridgehead atoms. The quantitative estimate of drug-likeness (QED) is 0.576. The molecule has 2 nitrogen and oxygen atoms in total. The molecular weight excluding hydrogens is 320 g/mol. The van der Waals surface area contributed by atoms with Crippen LogP contribution in [0.3, 0.4) is 0 Å². The van der Waals surface area contributed by atoms with Crippen LogP contribution in [0.25, 0.3) is 0 Å². The van der Waals surface area contributed by atoms with E-state index in [0.29, 0.717) is 29.3 Å². The van der Waals surface area contributed by atoms with E-state index in [0.717, 1.165) is 63.4 Å². The van der Waals surface area contributed by atoms with Crippen molar-refractivity contribution in [2.75, 3.05) is 0 Å². The first-order chi connectivity index (χ1) is 12.5. The predicted molar refractivity (Wildman–Crippen MR) is 104 cm³/mol. The Labute approximate surface area is 157 Å². The Morgan fingerprint density at radius 2 is 2.08 bits per heavy atom. The third-order valence-electron chi connectivity index (χ3n) is 7.39. The third-order valence-corrected chi connectivity index (χ3v) is 7.39. The first-order valence-electron chi connectivity index (χ1n) is 10.4. The molecule has 0 radical (unpaired) electrons. The summed E-state index contributed by atoms with van der Waals surface area (Å²) in [5.74, 6) is 9.20. The lowest BCUT2D eigenvalue weighted by Crippen LogP contribution is -2.42. The lowest BCUT2D eigenvalue weighted by molar-refractivity contribution is -0.129. The number of Topliss-reactive ketones (excluding diaryl/α,β-unsaturated/α-hetero) is 1. The summed E-state index contributed by atoms with van der Waals surface area (Å²) in [6.07, 6.45) is 9.31. The highest BCUT2D eigenvalue weighted by molar-refractivity contribution is 5.87. The maximum absolute atomic E-state index is 12.5. The topological polar surface area (TPSA) is 37.3 Å². The van der Waals surface area contributed by atoms with Crippen LogP contribution in [0, 0.1) is 29.1 Å². The highest BCUT2D eigenvalue weighted by atomic mass is 16.3. The molecule has 0 unspecified atom stereocenters. The molecule has 1 N–H and O–H groups in total. The molecule has 1 aromatic rings. The van der Waals surface area contributed by atoms with E-state index in [4.69, 9.17) is 0 Å². The van der Waals surface area contributed by atoms with Crippen molar-refractivity contribution in [1.82, 2.24) is 0 Å². The van der Waals surface area contributed by atoms with Gasteiger partial charge in [0.2, 0.25) is 0 Å². The predicted octanol–water partition coefficient (Wildman–Crippen LogP) is 5.36. The minimum atomic E-state index is -0.0808. The summed E-state index contributed by atoms with van der Waals surface area (Å²) in [4.78, 5) is 12.5. The number of aromatic hydroxyl groups is 1. The molecular formula is C24H30O2. The van der Waals surface area contributed by atoms with Crippen molar-refractivity contribution in [3.8, 4) is 17.6 Å². The van der Waals surface area contributed by atoms with Crippen molar-refractivity contribution in [1.29, 1.82) is 0 Å². The molecule has 2 heteroatoms. The molecule has 4 atom stereocenters. The molecule has 0 spiro atoms. The molecule has 0 amide bonds. The smallest absolute Gasteiger partial charge is 0.139 e. The largest absolute Gasteiger partial charge is 0.508 e. The fraction of sp³-hybridized carbons (Fsp3) is 0.625. The van der Waals surface area contributed by atoms with Gasteiger partial charge in [-0.15, -0.1) is 0 Å². The molecule has 4 rings (SSSR count). The van der Waals surface area contributed by atoms with Gasteiger partial charge in [0.1, 0.15) is 11.5 Å². The van der Waals surface area contributed by atoms with Gasteiger partial charge in [-0.3, -0.25) is 4.79 Å². The van der Waals surface area contributed by atoms with E-state index in [1.54, 1.807) is 0 Å². The Kier molecular flexibility index (Phi) is 4.59. The van der Waals surface area contributed by atoms with Crippen LogP contribution in [0.2, 0.25) is 0 Å². The van der Waals surface area contributed by atoms with Crippen molar-refractivity contribution >= 4 is 5.78 Å². The van der Waals surface area contributed by atoms with E-state index in [1.165, 1.54) is 11.1 Å². The number of hydrogen-bond acceptors (Lipinski definition) is 2. The number of unbranched alkanes of at least 4 members (excludes halogenated alkanes) is 2. The van der Waals surface area contributed by atoms with Gasteiger partial charge in [-0.25, -0.2) is 0 Å². The number of phenolic OH excluding ortho intramolecular Hbond substituents is 1. The number of benzene rings is 1. The average Bonchev–Trinajstić information content (AvgIpc) is 2.93. The second-order valence-corrected chi connectivity index (χ2v) is 8.80. The molecule has 1 aromatic carbocycles. The van der Waals surface area contributed by atoms with Gasteiger partial charge in [0, 0.05) is 23.8 Å². The second-order valence-electron chi connectivity index (χ2n) is 8.80. The van der Waals surface area contributed by atoms with E-state index < -0.39 is 0 Å². The van der Waals surface area contributed by atoms with Crippen LogP contribution < -0.4 is 0 Å². The number of aryl methyl sites for hydroxylation is 1. The Balaban J connectivity index is 1.71. The number of carbonyl (C=O) groups is 1. The zero-order valence-electron chi connectivity index (χ0n) is 16.1.